The van der Waals surface area contributed by atoms with Crippen LogP contribution in [0.5, 0.6) is 11.5 Å². The van der Waals surface area contributed by atoms with Gasteiger partial charge in [0.2, 0.25) is 0 Å². The average Bonchev–Trinajstić information content (AvgIpc) is 2.75. The first-order valence-electron chi connectivity index (χ1n) is 8.80. The number of terminal acetylenes is 1. The van der Waals surface area contributed by atoms with Gasteiger partial charge >= 0.3 is 0 Å². The zero-order valence-electron chi connectivity index (χ0n) is 16.2. The molecule has 0 fully saturated rings. The molecule has 0 aliphatic heterocycles. The molecule has 1 N–H and O–H groups in total. The van der Waals surface area contributed by atoms with Crippen LogP contribution >= 0.6 is 23.2 Å². The van der Waals surface area contributed by atoms with Gasteiger partial charge in [0.05, 0.1) is 12.1 Å². The molecule has 1 heterocycles. The summed E-state index contributed by atoms with van der Waals surface area (Å²) in [5, 5.41) is 11.8. The minimum absolute atomic E-state index is 0.0559. The van der Waals surface area contributed by atoms with Crippen molar-refractivity contribution in [1.82, 2.24) is 10.3 Å². The third-order valence-electron chi connectivity index (χ3n) is 3.92. The Kier molecular flexibility index (Phi) is 9.24. The number of pyridine rings is 1. The maximum atomic E-state index is 12.6. The third kappa shape index (κ3) is 6.53. The summed E-state index contributed by atoms with van der Waals surface area (Å²) in [4.78, 5) is 16.6. The number of ether oxygens (including phenoxy) is 3. The number of halogens is 2. The van der Waals surface area contributed by atoms with Gasteiger partial charge in [-0.3, -0.25) is 4.79 Å². The van der Waals surface area contributed by atoms with Crippen molar-refractivity contribution in [1.29, 1.82) is 5.26 Å². The van der Waals surface area contributed by atoms with Crippen LogP contribution in [-0.4, -0.2) is 37.8 Å². The molecule has 7 nitrogen and oxygen atoms in total. The summed E-state index contributed by atoms with van der Waals surface area (Å²) in [5.74, 6) is 2.93. The summed E-state index contributed by atoms with van der Waals surface area (Å²) in [6, 6.07) is 8.75. The van der Waals surface area contributed by atoms with Crippen LogP contribution in [0.3, 0.4) is 0 Å². The lowest BCUT2D eigenvalue weighted by Crippen LogP contribution is -2.32. The zero-order chi connectivity index (χ0) is 21.9. The Morgan fingerprint density at radius 3 is 2.77 bits per heavy atom. The molecule has 9 heteroatoms. The number of methoxy groups -OCH3 is 1. The molecule has 0 aliphatic carbocycles. The largest absolute Gasteiger partial charge is 0.493 e. The number of carbonyl (C=O) groups is 1. The van der Waals surface area contributed by atoms with Crippen LogP contribution in [0, 0.1) is 23.7 Å². The molecule has 1 unspecified atom stereocenters. The number of carbonyl (C=O) groups excluding carboxylic acids is 1. The highest BCUT2D eigenvalue weighted by molar-refractivity contribution is 6.41. The average molecular weight is 448 g/mol. The molecule has 1 aromatic carbocycles. The number of nitriles is 1. The van der Waals surface area contributed by atoms with Gasteiger partial charge in [-0.25, -0.2) is 4.98 Å². The standard InChI is InChI=1S/C21H19Cl2N3O4/c1-3-9-30-19(15-12-16(22)20(23)26-13-15)21(27)25-8-6-14-4-5-17(29-10-7-24)18(11-14)28-2/h1,4-5,11-13,19H,6,8-10H2,2H3,(H,25,27). The number of nitrogens with zero attached hydrogens (tertiary/aromatic N) is 2. The topological polar surface area (TPSA) is 93.5 Å². The molecular weight excluding hydrogens is 429 g/mol. The first-order valence-corrected chi connectivity index (χ1v) is 9.56. The summed E-state index contributed by atoms with van der Waals surface area (Å²) in [6.45, 7) is 0.207. The smallest absolute Gasteiger partial charge is 0.253 e. The Morgan fingerprint density at radius 1 is 1.30 bits per heavy atom. The minimum Gasteiger partial charge on any atom is -0.493 e. The van der Waals surface area contributed by atoms with E-state index in [-0.39, 0.29) is 29.3 Å². The molecule has 2 aromatic rings. The van der Waals surface area contributed by atoms with Gasteiger partial charge in [-0.1, -0.05) is 35.2 Å². The lowest BCUT2D eigenvalue weighted by Gasteiger charge is -2.17. The van der Waals surface area contributed by atoms with Crippen LogP contribution in [0.2, 0.25) is 10.2 Å². The van der Waals surface area contributed by atoms with Crippen molar-refractivity contribution >= 4 is 29.1 Å². The molecule has 1 aromatic heterocycles. The van der Waals surface area contributed by atoms with E-state index in [9.17, 15) is 4.79 Å². The Bertz CT molecular complexity index is 970. The van der Waals surface area contributed by atoms with Gasteiger partial charge in [0.1, 0.15) is 17.8 Å². The number of amides is 1. The van der Waals surface area contributed by atoms with Crippen LogP contribution in [0.15, 0.2) is 30.5 Å². The first-order chi connectivity index (χ1) is 14.5. The van der Waals surface area contributed by atoms with Crippen molar-refractivity contribution in [3.63, 3.8) is 0 Å². The lowest BCUT2D eigenvalue weighted by molar-refractivity contribution is -0.132. The molecule has 1 amide bonds. The van der Waals surface area contributed by atoms with Crippen LogP contribution < -0.4 is 14.8 Å². The molecule has 0 radical (unpaired) electrons. The molecular formula is C21H19Cl2N3O4. The van der Waals surface area contributed by atoms with E-state index in [0.29, 0.717) is 30.0 Å². The summed E-state index contributed by atoms with van der Waals surface area (Å²) in [6.07, 6.45) is 6.22. The van der Waals surface area contributed by atoms with Gasteiger partial charge in [0, 0.05) is 18.3 Å². The van der Waals surface area contributed by atoms with E-state index in [2.05, 4.69) is 16.2 Å². The highest BCUT2D eigenvalue weighted by atomic mass is 35.5. The van der Waals surface area contributed by atoms with Crippen molar-refractivity contribution in [3.8, 4) is 29.9 Å². The van der Waals surface area contributed by atoms with Crippen molar-refractivity contribution in [2.75, 3.05) is 26.9 Å². The van der Waals surface area contributed by atoms with E-state index in [1.165, 1.54) is 19.4 Å². The summed E-state index contributed by atoms with van der Waals surface area (Å²) < 4.78 is 16.1. The highest BCUT2D eigenvalue weighted by Gasteiger charge is 2.22. The zero-order valence-corrected chi connectivity index (χ0v) is 17.7. The second kappa shape index (κ2) is 11.9. The number of benzene rings is 1. The fraction of sp³-hybridized carbons (Fsp3) is 0.286. The van der Waals surface area contributed by atoms with Gasteiger partial charge in [-0.05, 0) is 30.2 Å². The molecule has 0 saturated heterocycles. The van der Waals surface area contributed by atoms with Crippen LogP contribution in [0.4, 0.5) is 0 Å². The number of nitrogens with one attached hydrogen (secondary N) is 1. The van der Waals surface area contributed by atoms with Crippen molar-refractivity contribution in [2.24, 2.45) is 0 Å². The molecule has 0 bridgehead atoms. The van der Waals surface area contributed by atoms with Gasteiger partial charge in [-0.15, -0.1) is 6.42 Å². The van der Waals surface area contributed by atoms with E-state index in [4.69, 9.17) is 49.1 Å². The van der Waals surface area contributed by atoms with Crippen LogP contribution in [0.1, 0.15) is 17.2 Å². The number of hydrogen-bond acceptors (Lipinski definition) is 6. The third-order valence-corrected chi connectivity index (χ3v) is 4.61. The van der Waals surface area contributed by atoms with Crippen LogP contribution in [0.25, 0.3) is 0 Å². The number of rotatable bonds is 10. The first kappa shape index (κ1) is 23.3. The summed E-state index contributed by atoms with van der Waals surface area (Å²) in [5.41, 5.74) is 1.35. The fourth-order valence-corrected chi connectivity index (χ4v) is 2.83. The molecule has 2 rings (SSSR count). The van der Waals surface area contributed by atoms with Crippen molar-refractivity contribution in [3.05, 3.63) is 51.8 Å². The normalized spacial score (nSPS) is 11.1. The second-order valence-electron chi connectivity index (χ2n) is 5.91. The molecule has 30 heavy (non-hydrogen) atoms. The predicted octanol–water partition coefficient (Wildman–Crippen LogP) is 3.35. The Balaban J connectivity index is 2.02. The van der Waals surface area contributed by atoms with E-state index >= 15 is 0 Å². The minimum atomic E-state index is -0.973. The van der Waals surface area contributed by atoms with Gasteiger partial charge in [0.15, 0.2) is 24.2 Å². The van der Waals surface area contributed by atoms with Crippen molar-refractivity contribution in [2.45, 2.75) is 12.5 Å². The molecule has 0 aliphatic rings. The SMILES string of the molecule is C#CCOC(C(=O)NCCc1ccc(OCC#N)c(OC)c1)c1cnc(Cl)c(Cl)c1. The van der Waals surface area contributed by atoms with E-state index in [1.807, 2.05) is 12.1 Å². The summed E-state index contributed by atoms with van der Waals surface area (Å²) >= 11 is 11.8. The summed E-state index contributed by atoms with van der Waals surface area (Å²) in [7, 11) is 1.51. The van der Waals surface area contributed by atoms with Crippen molar-refractivity contribution < 1.29 is 19.0 Å². The molecule has 1 atom stereocenters. The quantitative estimate of drug-likeness (QED) is 0.443. The van der Waals surface area contributed by atoms with Gasteiger partial charge in [0.25, 0.3) is 5.91 Å². The van der Waals surface area contributed by atoms with Crippen LogP contribution in [-0.2, 0) is 16.0 Å². The highest BCUT2D eigenvalue weighted by Crippen LogP contribution is 2.28. The Morgan fingerprint density at radius 2 is 2.10 bits per heavy atom. The molecule has 0 spiro atoms. The maximum Gasteiger partial charge on any atom is 0.253 e. The lowest BCUT2D eigenvalue weighted by atomic mass is 10.1. The van der Waals surface area contributed by atoms with Gasteiger partial charge in [-0.2, -0.15) is 5.26 Å². The second-order valence-corrected chi connectivity index (χ2v) is 6.67. The Hall–Kier alpha value is -2.97. The Labute approximate surface area is 184 Å². The van der Waals surface area contributed by atoms with E-state index in [1.54, 1.807) is 12.1 Å². The van der Waals surface area contributed by atoms with E-state index in [0.717, 1.165) is 5.56 Å². The fourth-order valence-electron chi connectivity index (χ4n) is 2.55. The number of aromatic nitrogens is 1. The maximum absolute atomic E-state index is 12.6. The van der Waals surface area contributed by atoms with E-state index < -0.39 is 6.10 Å². The number of hydrogen-bond donors (Lipinski definition) is 1. The van der Waals surface area contributed by atoms with Gasteiger partial charge < -0.3 is 19.5 Å². The monoisotopic (exact) mass is 447 g/mol. The predicted molar refractivity (Wildman–Crippen MR) is 113 cm³/mol. The molecule has 0 saturated carbocycles. The molecule has 156 valence electrons.